The van der Waals surface area contributed by atoms with Crippen molar-refractivity contribution in [2.45, 2.75) is 78.5 Å². The van der Waals surface area contributed by atoms with Crippen LogP contribution in [0, 0.1) is 11.7 Å². The third kappa shape index (κ3) is 8.56. The predicted octanol–water partition coefficient (Wildman–Crippen LogP) is 9.09. The Labute approximate surface area is 293 Å². The van der Waals surface area contributed by atoms with Gasteiger partial charge in [-0.2, -0.15) is 13.2 Å². The zero-order valence-electron chi connectivity index (χ0n) is 27.7. The van der Waals surface area contributed by atoms with Gasteiger partial charge in [0.15, 0.2) is 11.5 Å². The van der Waals surface area contributed by atoms with Crippen LogP contribution in [0.3, 0.4) is 0 Å². The number of pyridine rings is 1. The van der Waals surface area contributed by atoms with Crippen LogP contribution in [0.25, 0.3) is 0 Å². The number of halogens is 7. The largest absolute Gasteiger partial charge is 0.489 e. The molecule has 0 radical (unpaired) electrons. The number of allylic oxidation sites excluding steroid dienone is 1. The summed E-state index contributed by atoms with van der Waals surface area (Å²) < 4.78 is 97.3. The van der Waals surface area contributed by atoms with E-state index in [1.54, 1.807) is 27.7 Å². The third-order valence-electron chi connectivity index (χ3n) is 7.67. The standard InChI is InChI=1S/C17H17ClFNO4.C16H17F5N2O2S/c1-9(2)15-16(21)20(17(22)24-15)13-8-14(11(18)7-12(13)19)23-10-5-3-4-6-10;1-7(2)6-8-9(15(24)25-3)11(13(17)18)23-12(16(19,20)21)10(8)14-22-4-5-26-14/h7-8,10H,3-6H2,1-2H3;7,13H,4-6H2,1-3H3. The lowest BCUT2D eigenvalue weighted by Crippen LogP contribution is -2.29. The first-order chi connectivity index (χ1) is 23.5. The van der Waals surface area contributed by atoms with E-state index in [2.05, 4.69) is 14.7 Å². The topological polar surface area (TPSA) is 107 Å². The maximum Gasteiger partial charge on any atom is 0.434 e. The number of carbonyl (C=O) groups is 3. The van der Waals surface area contributed by atoms with E-state index in [0.29, 0.717) is 22.8 Å². The number of benzene rings is 1. The Balaban J connectivity index is 0.000000225. The molecule has 0 N–H and O–H groups in total. The Morgan fingerprint density at radius 2 is 1.82 bits per heavy atom. The van der Waals surface area contributed by atoms with Crippen LogP contribution in [-0.2, 0) is 26.9 Å². The number of esters is 1. The lowest BCUT2D eigenvalue weighted by Gasteiger charge is -2.22. The number of cyclic esters (lactones) is 1. The molecule has 272 valence electrons. The van der Waals surface area contributed by atoms with Crippen LogP contribution in [0.5, 0.6) is 5.75 Å². The summed E-state index contributed by atoms with van der Waals surface area (Å²) in [7, 11) is 0.982. The summed E-state index contributed by atoms with van der Waals surface area (Å²) in [6.07, 6.45) is -5.35. The third-order valence-corrected chi connectivity index (χ3v) is 8.96. The van der Waals surface area contributed by atoms with Gasteiger partial charge in [-0.05, 0) is 69.1 Å². The van der Waals surface area contributed by atoms with Gasteiger partial charge in [0.2, 0.25) is 0 Å². The maximum absolute atomic E-state index is 14.3. The molecule has 1 aliphatic carbocycles. The zero-order chi connectivity index (χ0) is 37.1. The molecule has 0 bridgehead atoms. The molecule has 0 spiro atoms. The molecule has 3 aliphatic rings. The van der Waals surface area contributed by atoms with E-state index in [-0.39, 0.29) is 51.3 Å². The van der Waals surface area contributed by atoms with Gasteiger partial charge in [0, 0.05) is 23.9 Å². The molecule has 50 heavy (non-hydrogen) atoms. The summed E-state index contributed by atoms with van der Waals surface area (Å²) in [5.74, 6) is -2.19. The number of ether oxygens (including phenoxy) is 3. The fourth-order valence-corrected chi connectivity index (χ4v) is 6.64. The van der Waals surface area contributed by atoms with E-state index in [1.165, 1.54) is 6.07 Å². The molecule has 9 nitrogen and oxygen atoms in total. The fraction of sp³-hybridized carbons (Fsp3) is 0.485. The molecule has 0 atom stereocenters. The molecule has 1 aromatic carbocycles. The number of alkyl halides is 5. The highest BCUT2D eigenvalue weighted by molar-refractivity contribution is 8.14. The number of aliphatic imine (C=N–C) groups is 1. The molecule has 1 saturated heterocycles. The number of hydrogen-bond donors (Lipinski definition) is 0. The Hall–Kier alpha value is -3.79. The van der Waals surface area contributed by atoms with Crippen molar-refractivity contribution >= 4 is 52.1 Å². The van der Waals surface area contributed by atoms with E-state index in [4.69, 9.17) is 21.1 Å². The lowest BCUT2D eigenvalue weighted by molar-refractivity contribution is -0.141. The number of nitrogens with zero attached hydrogens (tertiary/aromatic N) is 3. The highest BCUT2D eigenvalue weighted by atomic mass is 35.5. The SMILES string of the molecule is CC(C)=C1OC(=O)N(c2cc(OC3CCCC3)c(Cl)cc2F)C1=O.COC(=O)c1c(C(F)F)nc(C(F)(F)F)c(C2=NCCS2)c1CC(C)C. The number of thioether (sulfide) groups is 1. The van der Waals surface area contributed by atoms with Crippen LogP contribution in [0.15, 0.2) is 28.5 Å². The molecule has 2 fully saturated rings. The molecule has 0 unspecified atom stereocenters. The lowest BCUT2D eigenvalue weighted by atomic mass is 9.91. The number of imide groups is 1. The van der Waals surface area contributed by atoms with Gasteiger partial charge in [0.25, 0.3) is 6.43 Å². The second kappa shape index (κ2) is 16.0. The summed E-state index contributed by atoms with van der Waals surface area (Å²) in [5.41, 5.74) is -3.48. The van der Waals surface area contributed by atoms with E-state index in [1.807, 2.05) is 0 Å². The van der Waals surface area contributed by atoms with E-state index < -0.39 is 58.9 Å². The van der Waals surface area contributed by atoms with E-state index in [9.17, 15) is 40.7 Å². The number of aromatic nitrogens is 1. The van der Waals surface area contributed by atoms with Crippen LogP contribution < -0.4 is 9.64 Å². The van der Waals surface area contributed by atoms with Crippen LogP contribution in [-0.4, -0.2) is 53.5 Å². The van der Waals surface area contributed by atoms with Gasteiger partial charge in [0.05, 0.1) is 29.5 Å². The van der Waals surface area contributed by atoms with Crippen molar-refractivity contribution < 1.29 is 54.9 Å². The number of carbonyl (C=O) groups excluding carboxylic acids is 3. The van der Waals surface area contributed by atoms with Crippen molar-refractivity contribution in [2.24, 2.45) is 10.9 Å². The molecular formula is C33H34ClF6N3O6S. The average molecular weight is 750 g/mol. The van der Waals surface area contributed by atoms with Gasteiger partial charge in [-0.3, -0.25) is 9.79 Å². The van der Waals surface area contributed by atoms with Crippen molar-refractivity contribution in [3.63, 3.8) is 0 Å². The summed E-state index contributed by atoms with van der Waals surface area (Å²) in [5, 5.41) is 0.164. The minimum Gasteiger partial charge on any atom is -0.489 e. The second-order valence-corrected chi connectivity index (χ2v) is 13.6. The highest BCUT2D eigenvalue weighted by Gasteiger charge is 2.43. The Morgan fingerprint density at radius 3 is 2.32 bits per heavy atom. The number of hydrogen-bond acceptors (Lipinski definition) is 9. The van der Waals surface area contributed by atoms with Crippen LogP contribution in [0.1, 0.15) is 92.7 Å². The Morgan fingerprint density at radius 1 is 1.16 bits per heavy atom. The first-order valence-electron chi connectivity index (χ1n) is 15.5. The molecule has 1 aromatic heterocycles. The molecule has 2 aromatic rings. The van der Waals surface area contributed by atoms with Gasteiger partial charge < -0.3 is 14.2 Å². The minimum absolute atomic E-state index is 0.00962. The van der Waals surface area contributed by atoms with Crippen molar-refractivity contribution in [2.75, 3.05) is 24.3 Å². The molecule has 1 saturated carbocycles. The van der Waals surface area contributed by atoms with E-state index in [0.717, 1.165) is 50.6 Å². The molecular weight excluding hydrogens is 716 g/mol. The van der Waals surface area contributed by atoms with Gasteiger partial charge >= 0.3 is 24.1 Å². The highest BCUT2D eigenvalue weighted by Crippen LogP contribution is 2.41. The first kappa shape index (κ1) is 39.0. The van der Waals surface area contributed by atoms with Crippen LogP contribution in [0.2, 0.25) is 5.02 Å². The normalized spacial score (nSPS) is 16.6. The van der Waals surface area contributed by atoms with Gasteiger partial charge in [-0.25, -0.2) is 32.6 Å². The quantitative estimate of drug-likeness (QED) is 0.150. The second-order valence-electron chi connectivity index (χ2n) is 12.1. The smallest absolute Gasteiger partial charge is 0.434 e. The predicted molar refractivity (Wildman–Crippen MR) is 175 cm³/mol. The average Bonchev–Trinajstić information content (AvgIpc) is 3.80. The number of amides is 2. The number of rotatable bonds is 8. The summed E-state index contributed by atoms with van der Waals surface area (Å²) in [4.78, 5) is 44.3. The van der Waals surface area contributed by atoms with Gasteiger partial charge in [0.1, 0.15) is 22.3 Å². The van der Waals surface area contributed by atoms with E-state index >= 15 is 0 Å². The summed E-state index contributed by atoms with van der Waals surface area (Å²) >= 11 is 7.12. The number of anilines is 1. The fourth-order valence-electron chi connectivity index (χ4n) is 5.53. The van der Waals surface area contributed by atoms with Crippen molar-refractivity contribution in [1.82, 2.24) is 4.98 Å². The van der Waals surface area contributed by atoms with Crippen molar-refractivity contribution in [1.29, 1.82) is 0 Å². The molecule has 2 amide bonds. The molecule has 2 aliphatic heterocycles. The van der Waals surface area contributed by atoms with Gasteiger partial charge in [-0.1, -0.05) is 25.4 Å². The van der Waals surface area contributed by atoms with Crippen molar-refractivity contribution in [3.8, 4) is 5.75 Å². The molecule has 3 heterocycles. The van der Waals surface area contributed by atoms with Crippen LogP contribution >= 0.6 is 23.4 Å². The summed E-state index contributed by atoms with van der Waals surface area (Å²) in [6, 6.07) is 2.32. The summed E-state index contributed by atoms with van der Waals surface area (Å²) in [6.45, 7) is 7.00. The maximum atomic E-state index is 14.3. The Bertz CT molecular complexity index is 1720. The minimum atomic E-state index is -4.97. The molecule has 5 rings (SSSR count). The molecule has 17 heteroatoms. The van der Waals surface area contributed by atoms with Gasteiger partial charge in [-0.15, -0.1) is 11.8 Å². The number of methoxy groups -OCH3 is 1. The first-order valence-corrected chi connectivity index (χ1v) is 16.9. The zero-order valence-corrected chi connectivity index (χ0v) is 29.3. The monoisotopic (exact) mass is 749 g/mol. The van der Waals surface area contributed by atoms with Crippen molar-refractivity contribution in [3.05, 3.63) is 62.4 Å². The Kier molecular flexibility index (Phi) is 12.5. The van der Waals surface area contributed by atoms with Crippen LogP contribution in [0.4, 0.5) is 36.8 Å².